The number of aldehydes is 1. The van der Waals surface area contributed by atoms with Crippen LogP contribution in [0.15, 0.2) is 42.7 Å². The van der Waals surface area contributed by atoms with Crippen LogP contribution in [0.3, 0.4) is 0 Å². The van der Waals surface area contributed by atoms with Gasteiger partial charge in [-0.05, 0) is 5.56 Å². The first-order valence-corrected chi connectivity index (χ1v) is 4.98. The van der Waals surface area contributed by atoms with E-state index in [1.54, 1.807) is 17.0 Å². The van der Waals surface area contributed by atoms with Crippen LogP contribution in [-0.4, -0.2) is 15.8 Å². The molecule has 0 atom stereocenters. The maximum absolute atomic E-state index is 10.6. The molecular formula is C12H12N2O2. The van der Waals surface area contributed by atoms with Gasteiger partial charge in [-0.15, -0.1) is 0 Å². The Balaban J connectivity index is 1.87. The van der Waals surface area contributed by atoms with Crippen LogP contribution in [0, 0.1) is 0 Å². The summed E-state index contributed by atoms with van der Waals surface area (Å²) in [5.41, 5.74) is 1.11. The van der Waals surface area contributed by atoms with Crippen LogP contribution in [0.5, 0.6) is 0 Å². The number of carbonyl (C=O) groups is 1. The third kappa shape index (κ3) is 2.55. The van der Waals surface area contributed by atoms with Crippen molar-refractivity contribution in [2.45, 2.75) is 13.3 Å². The van der Waals surface area contributed by atoms with E-state index in [-0.39, 0.29) is 0 Å². The van der Waals surface area contributed by atoms with Crippen LogP contribution in [-0.2, 0) is 18.1 Å². The summed E-state index contributed by atoms with van der Waals surface area (Å²) in [7, 11) is 0. The van der Waals surface area contributed by atoms with Gasteiger partial charge in [0.1, 0.15) is 6.73 Å². The lowest BCUT2D eigenvalue weighted by molar-refractivity contribution is 0.0618. The van der Waals surface area contributed by atoms with Crippen molar-refractivity contribution in [3.05, 3.63) is 54.1 Å². The van der Waals surface area contributed by atoms with Crippen molar-refractivity contribution in [3.63, 3.8) is 0 Å². The van der Waals surface area contributed by atoms with E-state index in [2.05, 4.69) is 4.98 Å². The van der Waals surface area contributed by atoms with E-state index < -0.39 is 0 Å². The zero-order valence-corrected chi connectivity index (χ0v) is 8.74. The molecule has 1 heterocycles. The zero-order valence-electron chi connectivity index (χ0n) is 8.74. The highest BCUT2D eigenvalue weighted by Crippen LogP contribution is 2.02. The predicted octanol–water partition coefficient (Wildman–Crippen LogP) is 1.87. The topological polar surface area (TPSA) is 44.1 Å². The molecule has 4 nitrogen and oxygen atoms in total. The average Bonchev–Trinajstić information content (AvgIpc) is 2.78. The van der Waals surface area contributed by atoms with Crippen LogP contribution in [0.4, 0.5) is 0 Å². The number of carbonyl (C=O) groups excluding carboxylic acids is 1. The Kier molecular flexibility index (Phi) is 3.46. The lowest BCUT2D eigenvalue weighted by atomic mass is 10.2. The van der Waals surface area contributed by atoms with Gasteiger partial charge < -0.3 is 9.30 Å². The van der Waals surface area contributed by atoms with Gasteiger partial charge in [0.05, 0.1) is 6.61 Å². The quantitative estimate of drug-likeness (QED) is 0.717. The Bertz CT molecular complexity index is 451. The lowest BCUT2D eigenvalue weighted by Gasteiger charge is -2.06. The number of aromatic nitrogens is 2. The molecular weight excluding hydrogens is 204 g/mol. The Hall–Kier alpha value is -1.94. The maximum atomic E-state index is 10.6. The Labute approximate surface area is 93.5 Å². The fraction of sp³-hybridized carbons (Fsp3) is 0.167. The first kappa shape index (κ1) is 10.6. The molecule has 16 heavy (non-hydrogen) atoms. The third-order valence-corrected chi connectivity index (χ3v) is 2.20. The van der Waals surface area contributed by atoms with E-state index in [1.165, 1.54) is 0 Å². The number of hydrogen-bond donors (Lipinski definition) is 0. The number of hydrogen-bond acceptors (Lipinski definition) is 3. The standard InChI is InChI=1S/C12H12N2O2/c15-8-12-13-6-7-14(12)10-16-9-11-4-2-1-3-5-11/h1-8H,9-10H2. The molecule has 4 heteroatoms. The van der Waals surface area contributed by atoms with E-state index in [1.807, 2.05) is 30.3 Å². The highest BCUT2D eigenvalue weighted by Gasteiger charge is 2.00. The summed E-state index contributed by atoms with van der Waals surface area (Å²) in [5, 5.41) is 0. The van der Waals surface area contributed by atoms with Gasteiger partial charge in [-0.25, -0.2) is 4.98 Å². The molecule has 0 aliphatic rings. The van der Waals surface area contributed by atoms with Gasteiger partial charge in [0.25, 0.3) is 0 Å². The molecule has 0 radical (unpaired) electrons. The van der Waals surface area contributed by atoms with Crippen molar-refractivity contribution in [2.75, 3.05) is 0 Å². The van der Waals surface area contributed by atoms with Crippen molar-refractivity contribution in [3.8, 4) is 0 Å². The molecule has 0 spiro atoms. The third-order valence-electron chi connectivity index (χ3n) is 2.20. The van der Waals surface area contributed by atoms with E-state index in [9.17, 15) is 4.79 Å². The highest BCUT2D eigenvalue weighted by molar-refractivity contribution is 5.69. The molecule has 0 saturated heterocycles. The fourth-order valence-corrected chi connectivity index (χ4v) is 1.38. The highest BCUT2D eigenvalue weighted by atomic mass is 16.5. The molecule has 0 aliphatic carbocycles. The maximum Gasteiger partial charge on any atom is 0.185 e. The monoisotopic (exact) mass is 216 g/mol. The van der Waals surface area contributed by atoms with Gasteiger partial charge >= 0.3 is 0 Å². The number of imidazole rings is 1. The summed E-state index contributed by atoms with van der Waals surface area (Å²) in [5.74, 6) is 0.382. The van der Waals surface area contributed by atoms with Crippen LogP contribution in [0.1, 0.15) is 16.2 Å². The summed E-state index contributed by atoms with van der Waals surface area (Å²) in [6.45, 7) is 0.861. The van der Waals surface area contributed by atoms with Gasteiger partial charge in [-0.1, -0.05) is 30.3 Å². The second-order valence-corrected chi connectivity index (χ2v) is 3.34. The molecule has 1 aromatic heterocycles. The summed E-state index contributed by atoms with van der Waals surface area (Å²) < 4.78 is 7.13. The van der Waals surface area contributed by atoms with E-state index >= 15 is 0 Å². The molecule has 0 saturated carbocycles. The molecule has 0 N–H and O–H groups in total. The number of ether oxygens (including phenoxy) is 1. The smallest absolute Gasteiger partial charge is 0.185 e. The summed E-state index contributed by atoms with van der Waals surface area (Å²) in [6.07, 6.45) is 4.01. The van der Waals surface area contributed by atoms with Crippen LogP contribution in [0.25, 0.3) is 0 Å². The minimum Gasteiger partial charge on any atom is -0.356 e. The van der Waals surface area contributed by atoms with E-state index in [0.717, 1.165) is 5.56 Å². The van der Waals surface area contributed by atoms with Crippen molar-refractivity contribution < 1.29 is 9.53 Å². The molecule has 2 rings (SSSR count). The SMILES string of the molecule is O=Cc1nccn1COCc1ccccc1. The van der Waals surface area contributed by atoms with Gasteiger partial charge in [0.2, 0.25) is 0 Å². The van der Waals surface area contributed by atoms with Crippen molar-refractivity contribution in [2.24, 2.45) is 0 Å². The normalized spacial score (nSPS) is 10.2. The number of rotatable bonds is 5. The predicted molar refractivity (Wildman–Crippen MR) is 58.8 cm³/mol. The summed E-state index contributed by atoms with van der Waals surface area (Å²) in [4.78, 5) is 14.5. The molecule has 82 valence electrons. The minimum atomic E-state index is 0.336. The van der Waals surface area contributed by atoms with Crippen molar-refractivity contribution in [1.29, 1.82) is 0 Å². The molecule has 0 aliphatic heterocycles. The van der Waals surface area contributed by atoms with Gasteiger partial charge in [-0.3, -0.25) is 4.79 Å². The van der Waals surface area contributed by atoms with Crippen LogP contribution in [0.2, 0.25) is 0 Å². The summed E-state index contributed by atoms with van der Waals surface area (Å²) in [6, 6.07) is 9.88. The molecule has 2 aromatic rings. The van der Waals surface area contributed by atoms with Crippen molar-refractivity contribution >= 4 is 6.29 Å². The van der Waals surface area contributed by atoms with Gasteiger partial charge in [-0.2, -0.15) is 0 Å². The Morgan fingerprint density at radius 2 is 2.12 bits per heavy atom. The van der Waals surface area contributed by atoms with E-state index in [4.69, 9.17) is 4.74 Å². The van der Waals surface area contributed by atoms with Gasteiger partial charge in [0.15, 0.2) is 12.1 Å². The first-order chi connectivity index (χ1) is 7.90. The van der Waals surface area contributed by atoms with Crippen LogP contribution < -0.4 is 0 Å². The molecule has 0 fully saturated rings. The van der Waals surface area contributed by atoms with Crippen molar-refractivity contribution in [1.82, 2.24) is 9.55 Å². The number of nitrogens with zero attached hydrogens (tertiary/aromatic N) is 2. The zero-order chi connectivity index (χ0) is 11.2. The van der Waals surface area contributed by atoms with Gasteiger partial charge in [0, 0.05) is 12.4 Å². The molecule has 0 unspecified atom stereocenters. The average molecular weight is 216 g/mol. The summed E-state index contributed by atoms with van der Waals surface area (Å²) >= 11 is 0. The fourth-order valence-electron chi connectivity index (χ4n) is 1.38. The number of benzene rings is 1. The first-order valence-electron chi connectivity index (χ1n) is 4.98. The molecule has 0 amide bonds. The molecule has 0 bridgehead atoms. The largest absolute Gasteiger partial charge is 0.356 e. The van der Waals surface area contributed by atoms with E-state index in [0.29, 0.717) is 25.4 Å². The lowest BCUT2D eigenvalue weighted by Crippen LogP contribution is -2.05. The van der Waals surface area contributed by atoms with Crippen LogP contribution >= 0.6 is 0 Å². The second kappa shape index (κ2) is 5.23. The minimum absolute atomic E-state index is 0.336. The Morgan fingerprint density at radius 1 is 1.31 bits per heavy atom. The second-order valence-electron chi connectivity index (χ2n) is 3.34. The Morgan fingerprint density at radius 3 is 2.88 bits per heavy atom. The molecule has 1 aromatic carbocycles.